The maximum absolute atomic E-state index is 14.4. The Balaban J connectivity index is 1.16. The number of nitrogens with one attached hydrogen (secondary N) is 1. The average Bonchev–Trinajstić information content (AvgIpc) is 3.30. The largest absolute Gasteiger partial charge is 0.371 e. The lowest BCUT2D eigenvalue weighted by atomic mass is 9.77. The highest BCUT2D eigenvalue weighted by atomic mass is 19.1. The second kappa shape index (κ2) is 10.1. The average molecular weight is 518 g/mol. The highest BCUT2D eigenvalue weighted by Gasteiger charge is 2.39. The number of piperazine rings is 1. The van der Waals surface area contributed by atoms with Gasteiger partial charge in [-0.15, -0.1) is 0 Å². The van der Waals surface area contributed by atoms with Crippen molar-refractivity contribution in [3.63, 3.8) is 0 Å². The van der Waals surface area contributed by atoms with Gasteiger partial charge in [-0.05, 0) is 62.0 Å². The molecular formula is C29H36FN7O. The van der Waals surface area contributed by atoms with Crippen molar-refractivity contribution in [2.24, 2.45) is 12.5 Å². The minimum Gasteiger partial charge on any atom is -0.371 e. The lowest BCUT2D eigenvalue weighted by Gasteiger charge is -2.40. The summed E-state index contributed by atoms with van der Waals surface area (Å²) in [5.74, 6) is 0.0589. The summed E-state index contributed by atoms with van der Waals surface area (Å²) in [5, 5.41) is 3.62. The number of aromatic nitrogens is 3. The summed E-state index contributed by atoms with van der Waals surface area (Å²) >= 11 is 0. The summed E-state index contributed by atoms with van der Waals surface area (Å²) in [6.07, 6.45) is 6.53. The number of piperidine rings is 1. The molecule has 200 valence electrons. The number of hydrogen-bond acceptors (Lipinski definition) is 7. The molecular weight excluding hydrogens is 481 g/mol. The van der Waals surface area contributed by atoms with E-state index in [1.165, 1.54) is 55.9 Å². The third kappa shape index (κ3) is 4.80. The van der Waals surface area contributed by atoms with Crippen molar-refractivity contribution in [3.8, 4) is 11.3 Å². The highest BCUT2D eigenvalue weighted by Crippen LogP contribution is 2.40. The smallest absolute Gasteiger partial charge is 0.255 e. The highest BCUT2D eigenvalue weighted by molar-refractivity contribution is 5.60. The summed E-state index contributed by atoms with van der Waals surface area (Å²) in [6.45, 7) is 6.86. The zero-order chi connectivity index (χ0) is 26.3. The van der Waals surface area contributed by atoms with Crippen LogP contribution in [0.25, 0.3) is 11.3 Å². The van der Waals surface area contributed by atoms with Crippen molar-refractivity contribution >= 4 is 11.6 Å². The van der Waals surface area contributed by atoms with Crippen molar-refractivity contribution in [1.82, 2.24) is 24.8 Å². The van der Waals surface area contributed by atoms with Crippen molar-refractivity contribution < 1.29 is 4.39 Å². The topological polar surface area (TPSA) is 69.5 Å². The zero-order valence-corrected chi connectivity index (χ0v) is 22.2. The molecule has 3 saturated heterocycles. The normalized spacial score (nSPS) is 21.8. The van der Waals surface area contributed by atoms with Gasteiger partial charge in [-0.3, -0.25) is 14.3 Å². The Labute approximate surface area is 223 Å². The summed E-state index contributed by atoms with van der Waals surface area (Å²) in [5.41, 5.74) is 3.42. The molecule has 1 N–H and O–H groups in total. The Morgan fingerprint density at radius 1 is 1.00 bits per heavy atom. The van der Waals surface area contributed by atoms with Crippen LogP contribution in [0.3, 0.4) is 0 Å². The molecule has 0 radical (unpaired) electrons. The first-order chi connectivity index (χ1) is 18.4. The van der Waals surface area contributed by atoms with Gasteiger partial charge in [0.25, 0.3) is 5.56 Å². The number of rotatable bonds is 4. The predicted octanol–water partition coefficient (Wildman–Crippen LogP) is 3.05. The first kappa shape index (κ1) is 25.0. The second-order valence-electron chi connectivity index (χ2n) is 11.2. The van der Waals surface area contributed by atoms with E-state index in [4.69, 9.17) is 4.98 Å². The van der Waals surface area contributed by atoms with E-state index in [1.807, 2.05) is 0 Å². The summed E-state index contributed by atoms with van der Waals surface area (Å²) < 4.78 is 15.9. The van der Waals surface area contributed by atoms with E-state index in [0.29, 0.717) is 30.1 Å². The Morgan fingerprint density at radius 3 is 2.47 bits per heavy atom. The fourth-order valence-electron chi connectivity index (χ4n) is 6.41. The number of halogens is 1. The first-order valence-electron chi connectivity index (χ1n) is 13.6. The van der Waals surface area contributed by atoms with E-state index in [0.717, 1.165) is 25.8 Å². The fourth-order valence-corrected chi connectivity index (χ4v) is 6.41. The number of pyridine rings is 1. The maximum Gasteiger partial charge on any atom is 0.255 e. The summed E-state index contributed by atoms with van der Waals surface area (Å²) in [4.78, 5) is 28.4. The number of nitrogens with zero attached hydrogens (tertiary/aromatic N) is 6. The lowest BCUT2D eigenvalue weighted by Crippen LogP contribution is -2.47. The monoisotopic (exact) mass is 517 g/mol. The molecule has 1 spiro atoms. The van der Waals surface area contributed by atoms with Gasteiger partial charge in [-0.2, -0.15) is 0 Å². The third-order valence-corrected chi connectivity index (χ3v) is 8.73. The molecule has 1 atom stereocenters. The van der Waals surface area contributed by atoms with Crippen LogP contribution >= 0.6 is 0 Å². The minimum absolute atomic E-state index is 0.106. The van der Waals surface area contributed by atoms with E-state index in [1.54, 1.807) is 17.7 Å². The SMILES string of the molecule is CN1CCC2(CCN(c3ccc([C@H]4CN(c5nc(-c6ccncc6F)cc(=O)n5C)CCN4)cc3)CC2)C1. The Kier molecular flexibility index (Phi) is 6.65. The van der Waals surface area contributed by atoms with Gasteiger partial charge in [0.1, 0.15) is 0 Å². The van der Waals surface area contributed by atoms with Crippen LogP contribution in [0.15, 0.2) is 53.6 Å². The van der Waals surface area contributed by atoms with Gasteiger partial charge >= 0.3 is 0 Å². The van der Waals surface area contributed by atoms with Gasteiger partial charge in [0.15, 0.2) is 5.82 Å². The van der Waals surface area contributed by atoms with E-state index in [2.05, 4.69) is 56.3 Å². The van der Waals surface area contributed by atoms with Gasteiger partial charge in [0, 0.05) is 75.9 Å². The van der Waals surface area contributed by atoms with Crippen LogP contribution in [0.5, 0.6) is 0 Å². The van der Waals surface area contributed by atoms with Crippen LogP contribution in [0.4, 0.5) is 16.0 Å². The first-order valence-corrected chi connectivity index (χ1v) is 13.6. The Bertz CT molecular complexity index is 1350. The molecule has 0 unspecified atom stereocenters. The molecule has 0 amide bonds. The van der Waals surface area contributed by atoms with Crippen molar-refractivity contribution in [2.75, 3.05) is 62.7 Å². The van der Waals surface area contributed by atoms with Crippen LogP contribution in [0.2, 0.25) is 0 Å². The van der Waals surface area contributed by atoms with Gasteiger partial charge in [0.05, 0.1) is 11.9 Å². The molecule has 3 aliphatic rings. The van der Waals surface area contributed by atoms with Crippen LogP contribution in [0.1, 0.15) is 30.9 Å². The lowest BCUT2D eigenvalue weighted by molar-refractivity contribution is 0.222. The fraction of sp³-hybridized carbons (Fsp3) is 0.483. The number of hydrogen-bond donors (Lipinski definition) is 1. The molecule has 0 saturated carbocycles. The Morgan fingerprint density at radius 2 is 1.76 bits per heavy atom. The summed E-state index contributed by atoms with van der Waals surface area (Å²) in [6, 6.07) is 12.0. The molecule has 8 nitrogen and oxygen atoms in total. The molecule has 0 aliphatic carbocycles. The van der Waals surface area contributed by atoms with Gasteiger partial charge in [0.2, 0.25) is 5.95 Å². The molecule has 9 heteroatoms. The molecule has 2 aromatic heterocycles. The van der Waals surface area contributed by atoms with E-state index in [-0.39, 0.29) is 17.2 Å². The quantitative estimate of drug-likeness (QED) is 0.571. The molecule has 0 bridgehead atoms. The zero-order valence-electron chi connectivity index (χ0n) is 22.2. The van der Waals surface area contributed by atoms with E-state index >= 15 is 0 Å². The second-order valence-corrected chi connectivity index (χ2v) is 11.2. The Hall–Kier alpha value is -3.30. The number of anilines is 2. The van der Waals surface area contributed by atoms with Crippen LogP contribution < -0.4 is 20.7 Å². The molecule has 3 fully saturated rings. The van der Waals surface area contributed by atoms with Crippen LogP contribution in [-0.4, -0.2) is 72.3 Å². The van der Waals surface area contributed by atoms with E-state index < -0.39 is 5.82 Å². The minimum atomic E-state index is -0.489. The standard InChI is InChI=1S/C29H36FN7O/c1-34-13-8-29(20-34)9-14-36(15-10-29)22-5-3-21(4-6-22)26-19-37(16-12-32-26)28-33-25(17-27(38)35(28)2)23-7-11-31-18-24(23)30/h3-7,11,17-18,26,32H,8-10,12-16,19-20H2,1-2H3/t26-/m1/s1. The predicted molar refractivity (Wildman–Crippen MR) is 148 cm³/mol. The molecule has 3 aromatic rings. The van der Waals surface area contributed by atoms with Crippen molar-refractivity contribution in [2.45, 2.75) is 25.3 Å². The van der Waals surface area contributed by atoms with Gasteiger partial charge < -0.3 is 20.0 Å². The van der Waals surface area contributed by atoms with Crippen LogP contribution in [-0.2, 0) is 7.05 Å². The van der Waals surface area contributed by atoms with Crippen molar-refractivity contribution in [3.05, 3.63) is 70.5 Å². The number of likely N-dealkylation sites (tertiary alicyclic amines) is 1. The van der Waals surface area contributed by atoms with Crippen molar-refractivity contribution in [1.29, 1.82) is 0 Å². The van der Waals surface area contributed by atoms with Gasteiger partial charge in [-0.25, -0.2) is 9.37 Å². The van der Waals surface area contributed by atoms with E-state index in [9.17, 15) is 9.18 Å². The molecule has 6 rings (SSSR count). The van der Waals surface area contributed by atoms with Crippen LogP contribution in [0, 0.1) is 11.2 Å². The number of benzene rings is 1. The molecule has 3 aliphatic heterocycles. The molecule has 1 aromatic carbocycles. The molecule has 38 heavy (non-hydrogen) atoms. The maximum atomic E-state index is 14.4. The summed E-state index contributed by atoms with van der Waals surface area (Å²) in [7, 11) is 3.96. The third-order valence-electron chi connectivity index (χ3n) is 8.73. The van der Waals surface area contributed by atoms with Gasteiger partial charge in [-0.1, -0.05) is 12.1 Å². The molecule has 5 heterocycles.